The minimum Gasteiger partial charge on any atom is -0.480 e. The highest BCUT2D eigenvalue weighted by Crippen LogP contribution is 2.31. The number of halogens is 3. The van der Waals surface area contributed by atoms with Crippen molar-refractivity contribution in [2.24, 2.45) is 4.99 Å². The van der Waals surface area contributed by atoms with Gasteiger partial charge < -0.3 is 9.84 Å². The summed E-state index contributed by atoms with van der Waals surface area (Å²) in [6.07, 6.45) is 0.437. The van der Waals surface area contributed by atoms with Crippen LogP contribution in [0.2, 0.25) is 0 Å². The third kappa shape index (κ3) is 6.17. The number of carbonyl (C=O) groups excluding carboxylic acids is 1. The molecule has 10 heteroatoms. The summed E-state index contributed by atoms with van der Waals surface area (Å²) in [5.74, 6) is -1.59. The molecule has 1 aliphatic heterocycles. The molecule has 1 heterocycles. The van der Waals surface area contributed by atoms with Crippen molar-refractivity contribution in [1.82, 2.24) is 4.90 Å². The summed E-state index contributed by atoms with van der Waals surface area (Å²) in [6, 6.07) is 14.9. The molecule has 6 nitrogen and oxygen atoms in total. The maximum absolute atomic E-state index is 12.7. The Bertz CT molecular complexity index is 936. The van der Waals surface area contributed by atoms with Crippen LogP contribution in [0.15, 0.2) is 59.6 Å². The van der Waals surface area contributed by atoms with E-state index in [-0.39, 0.29) is 23.2 Å². The average Bonchev–Trinajstić information content (AvgIpc) is 2.68. The number of carbonyl (C=O) groups is 2. The van der Waals surface area contributed by atoms with E-state index in [1.165, 1.54) is 29.2 Å². The quantitative estimate of drug-likeness (QED) is 0.623. The van der Waals surface area contributed by atoms with E-state index < -0.39 is 16.8 Å². The predicted molar refractivity (Wildman–Crippen MR) is 110 cm³/mol. The van der Waals surface area contributed by atoms with Crippen LogP contribution >= 0.6 is 23.4 Å². The molecule has 30 heavy (non-hydrogen) atoms. The number of benzene rings is 2. The molecule has 0 saturated carbocycles. The smallest absolute Gasteiger partial charge is 0.480 e. The lowest BCUT2D eigenvalue weighted by Gasteiger charge is -2.30. The molecular formula is C20H17ClF2N2O4S. The van der Waals surface area contributed by atoms with Gasteiger partial charge in [0.05, 0.1) is 12.1 Å². The van der Waals surface area contributed by atoms with Crippen molar-refractivity contribution in [1.29, 1.82) is 0 Å². The number of thioether (sulfide) groups is 1. The number of rotatable bonds is 7. The van der Waals surface area contributed by atoms with Crippen molar-refractivity contribution >= 4 is 46.1 Å². The normalized spacial score (nSPS) is 18.5. The zero-order chi connectivity index (χ0) is 21.7. The van der Waals surface area contributed by atoms with E-state index in [0.29, 0.717) is 18.7 Å². The fraction of sp³-hybridized carbons (Fsp3) is 0.250. The van der Waals surface area contributed by atoms with E-state index in [1.807, 2.05) is 30.3 Å². The number of ether oxygens (including phenoxy) is 1. The number of aliphatic imine (C=N–C) groups is 1. The Morgan fingerprint density at radius 2 is 1.90 bits per heavy atom. The zero-order valence-electron chi connectivity index (χ0n) is 15.5. The zero-order valence-corrected chi connectivity index (χ0v) is 17.1. The van der Waals surface area contributed by atoms with E-state index >= 15 is 0 Å². The molecule has 0 aromatic heterocycles. The number of carboxylic acids is 1. The van der Waals surface area contributed by atoms with Crippen LogP contribution in [-0.2, 0) is 16.0 Å². The number of hydrogen-bond acceptors (Lipinski definition) is 5. The summed E-state index contributed by atoms with van der Waals surface area (Å²) in [7, 11) is 0. The Kier molecular flexibility index (Phi) is 6.94. The predicted octanol–water partition coefficient (Wildman–Crippen LogP) is 4.50. The second-order valence-corrected chi connectivity index (χ2v) is 7.98. The third-order valence-corrected chi connectivity index (χ3v) is 5.43. The molecule has 1 saturated heterocycles. The summed E-state index contributed by atoms with van der Waals surface area (Å²) in [6.45, 7) is 0.334. The lowest BCUT2D eigenvalue weighted by molar-refractivity contribution is -0.139. The SMILES string of the molecule is O=C(O)[C@@H]1CC(=O)N(CCc2ccccc2)C(=Nc2ccc(OC(F)(F)Cl)cc2)S1. The highest BCUT2D eigenvalue weighted by Gasteiger charge is 2.35. The number of aliphatic carboxylic acids is 1. The Morgan fingerprint density at radius 1 is 1.23 bits per heavy atom. The Balaban J connectivity index is 1.81. The van der Waals surface area contributed by atoms with Crippen molar-refractivity contribution in [3.8, 4) is 5.75 Å². The average molecular weight is 455 g/mol. The van der Waals surface area contributed by atoms with Gasteiger partial charge in [-0.3, -0.25) is 14.5 Å². The van der Waals surface area contributed by atoms with E-state index in [0.717, 1.165) is 17.3 Å². The monoisotopic (exact) mass is 454 g/mol. The van der Waals surface area contributed by atoms with E-state index in [1.54, 1.807) is 0 Å². The second kappa shape index (κ2) is 9.44. The van der Waals surface area contributed by atoms with Gasteiger partial charge in [0.2, 0.25) is 5.91 Å². The van der Waals surface area contributed by atoms with Crippen LogP contribution in [0, 0.1) is 0 Å². The molecular weight excluding hydrogens is 438 g/mol. The van der Waals surface area contributed by atoms with Crippen molar-refractivity contribution in [2.45, 2.75) is 23.7 Å². The summed E-state index contributed by atoms with van der Waals surface area (Å²) >= 11 is 5.72. The molecule has 1 amide bonds. The Morgan fingerprint density at radius 3 is 2.50 bits per heavy atom. The number of nitrogens with zero attached hydrogens (tertiary/aromatic N) is 2. The first kappa shape index (κ1) is 22.0. The number of alkyl halides is 3. The maximum Gasteiger partial charge on any atom is 0.487 e. The fourth-order valence-corrected chi connectivity index (χ4v) is 3.92. The van der Waals surface area contributed by atoms with Crippen LogP contribution in [-0.4, -0.2) is 44.4 Å². The Labute approximate surface area is 180 Å². The van der Waals surface area contributed by atoms with Gasteiger partial charge in [-0.15, -0.1) is 8.78 Å². The van der Waals surface area contributed by atoms with Crippen LogP contribution in [0.3, 0.4) is 0 Å². The lowest BCUT2D eigenvalue weighted by Crippen LogP contribution is -2.44. The van der Waals surface area contributed by atoms with Crippen LogP contribution in [0.5, 0.6) is 5.75 Å². The molecule has 1 atom stereocenters. The first-order chi connectivity index (χ1) is 14.2. The number of carboxylic acid groups (broad SMARTS) is 1. The molecule has 2 aromatic carbocycles. The van der Waals surface area contributed by atoms with Crippen molar-refractivity contribution < 1.29 is 28.2 Å². The summed E-state index contributed by atoms with van der Waals surface area (Å²) in [5, 5.41) is 8.63. The standard InChI is InChI=1S/C20H17ClF2N2O4S/c21-20(22,23)29-15-8-6-14(7-9-15)24-19-25(11-10-13-4-2-1-3-5-13)17(26)12-16(30-19)18(27)28/h1-9,16H,10-12H2,(H,27,28)/t16-/m0/s1. The number of hydrogen-bond donors (Lipinski definition) is 1. The molecule has 1 aliphatic rings. The first-order valence-electron chi connectivity index (χ1n) is 8.89. The van der Waals surface area contributed by atoms with Gasteiger partial charge in [-0.2, -0.15) is 0 Å². The maximum atomic E-state index is 12.7. The fourth-order valence-electron chi connectivity index (χ4n) is 2.77. The van der Waals surface area contributed by atoms with Gasteiger partial charge in [-0.05, 0) is 36.2 Å². The van der Waals surface area contributed by atoms with Gasteiger partial charge in [0.1, 0.15) is 11.0 Å². The molecule has 0 unspecified atom stereocenters. The van der Waals surface area contributed by atoms with Crippen molar-refractivity contribution in [3.05, 3.63) is 60.2 Å². The van der Waals surface area contributed by atoms with Gasteiger partial charge in [-0.25, -0.2) is 4.99 Å². The lowest BCUT2D eigenvalue weighted by atomic mass is 10.1. The molecule has 158 valence electrons. The first-order valence-corrected chi connectivity index (χ1v) is 10.2. The van der Waals surface area contributed by atoms with Gasteiger partial charge in [0, 0.05) is 18.1 Å². The summed E-state index contributed by atoms with van der Waals surface area (Å²) in [5.41, 5.74) is -2.45. The van der Waals surface area contributed by atoms with Crippen LogP contribution in [0.4, 0.5) is 14.5 Å². The molecule has 0 bridgehead atoms. The highest BCUT2D eigenvalue weighted by molar-refractivity contribution is 8.15. The molecule has 0 aliphatic carbocycles. The third-order valence-electron chi connectivity index (χ3n) is 4.18. The van der Waals surface area contributed by atoms with Gasteiger partial charge in [0.15, 0.2) is 5.17 Å². The summed E-state index contributed by atoms with van der Waals surface area (Å²) in [4.78, 5) is 29.8. The summed E-state index contributed by atoms with van der Waals surface area (Å²) < 4.78 is 29.7. The van der Waals surface area contributed by atoms with Gasteiger partial charge in [0.25, 0.3) is 0 Å². The second-order valence-electron chi connectivity index (χ2n) is 6.37. The molecule has 1 N–H and O–H groups in total. The Hall–Kier alpha value is -2.65. The minimum atomic E-state index is -3.83. The van der Waals surface area contributed by atoms with Gasteiger partial charge >= 0.3 is 11.5 Å². The topological polar surface area (TPSA) is 79.2 Å². The largest absolute Gasteiger partial charge is 0.487 e. The number of amidine groups is 1. The molecule has 1 fully saturated rings. The molecule has 3 rings (SSSR count). The van der Waals surface area contributed by atoms with E-state index in [2.05, 4.69) is 9.73 Å². The number of amides is 1. The van der Waals surface area contributed by atoms with Crippen molar-refractivity contribution in [3.63, 3.8) is 0 Å². The van der Waals surface area contributed by atoms with Crippen LogP contribution in [0.1, 0.15) is 12.0 Å². The molecule has 0 spiro atoms. The van der Waals surface area contributed by atoms with Crippen LogP contribution in [0.25, 0.3) is 0 Å². The van der Waals surface area contributed by atoms with Crippen molar-refractivity contribution in [2.75, 3.05) is 6.54 Å². The molecule has 2 aromatic rings. The van der Waals surface area contributed by atoms with E-state index in [9.17, 15) is 23.5 Å². The minimum absolute atomic E-state index is 0.134. The van der Waals surface area contributed by atoms with E-state index in [4.69, 9.17) is 11.6 Å². The highest BCUT2D eigenvalue weighted by atomic mass is 35.5. The van der Waals surface area contributed by atoms with Gasteiger partial charge in [-0.1, -0.05) is 42.1 Å². The van der Waals surface area contributed by atoms with Crippen LogP contribution < -0.4 is 4.74 Å². The molecule has 0 radical (unpaired) electrons.